The number of benzene rings is 1. The van der Waals surface area contributed by atoms with Gasteiger partial charge in [-0.1, -0.05) is 32.0 Å². The highest BCUT2D eigenvalue weighted by atomic mass is 14.6. The molecular formula is C13H16N2. The molecule has 2 N–H and O–H groups in total. The van der Waals surface area contributed by atoms with Crippen molar-refractivity contribution in [3.63, 3.8) is 0 Å². The summed E-state index contributed by atoms with van der Waals surface area (Å²) in [7, 11) is 0. The molecule has 0 saturated heterocycles. The van der Waals surface area contributed by atoms with Crippen LogP contribution in [-0.4, -0.2) is 11.5 Å². The maximum atomic E-state index is 5.76. The Hall–Kier alpha value is -1.41. The molecule has 0 radical (unpaired) electrons. The fourth-order valence-corrected chi connectivity index (χ4v) is 1.61. The SMILES string of the molecule is CC(C)(CN)c1ccc2cccnc2c1. The van der Waals surface area contributed by atoms with Gasteiger partial charge in [-0.05, 0) is 17.7 Å². The van der Waals surface area contributed by atoms with Crippen molar-refractivity contribution in [3.8, 4) is 0 Å². The summed E-state index contributed by atoms with van der Waals surface area (Å²) in [4.78, 5) is 4.35. The zero-order valence-electron chi connectivity index (χ0n) is 9.20. The number of nitrogens with two attached hydrogens (primary N) is 1. The van der Waals surface area contributed by atoms with Crippen LogP contribution in [-0.2, 0) is 5.41 Å². The molecule has 0 spiro atoms. The lowest BCUT2D eigenvalue weighted by Gasteiger charge is -2.23. The topological polar surface area (TPSA) is 38.9 Å². The van der Waals surface area contributed by atoms with Gasteiger partial charge in [-0.15, -0.1) is 0 Å². The number of nitrogens with zero attached hydrogens (tertiary/aromatic N) is 1. The quantitative estimate of drug-likeness (QED) is 0.808. The smallest absolute Gasteiger partial charge is 0.0704 e. The minimum atomic E-state index is 0.0196. The first-order chi connectivity index (χ1) is 7.13. The van der Waals surface area contributed by atoms with E-state index in [1.165, 1.54) is 10.9 Å². The van der Waals surface area contributed by atoms with Gasteiger partial charge in [0.05, 0.1) is 5.52 Å². The molecule has 15 heavy (non-hydrogen) atoms. The lowest BCUT2D eigenvalue weighted by molar-refractivity contribution is 0.539. The summed E-state index contributed by atoms with van der Waals surface area (Å²) in [5.74, 6) is 0. The maximum absolute atomic E-state index is 5.76. The van der Waals surface area contributed by atoms with E-state index >= 15 is 0 Å². The molecule has 0 atom stereocenters. The second-order valence-corrected chi connectivity index (χ2v) is 4.50. The Labute approximate surface area is 90.1 Å². The van der Waals surface area contributed by atoms with E-state index in [9.17, 15) is 0 Å². The molecule has 0 bridgehead atoms. The van der Waals surface area contributed by atoms with Crippen LogP contribution < -0.4 is 5.73 Å². The Balaban J connectivity index is 2.56. The van der Waals surface area contributed by atoms with Crippen LogP contribution in [0.3, 0.4) is 0 Å². The molecule has 0 fully saturated rings. The molecule has 0 aliphatic carbocycles. The Morgan fingerprint density at radius 1 is 1.27 bits per heavy atom. The number of hydrogen-bond donors (Lipinski definition) is 1. The second kappa shape index (κ2) is 3.63. The number of hydrogen-bond acceptors (Lipinski definition) is 2. The number of fused-ring (bicyclic) bond motifs is 1. The Kier molecular flexibility index (Phi) is 2.45. The summed E-state index contributed by atoms with van der Waals surface area (Å²) < 4.78 is 0. The molecule has 2 rings (SSSR count). The summed E-state index contributed by atoms with van der Waals surface area (Å²) in [6.45, 7) is 4.94. The molecular weight excluding hydrogens is 184 g/mol. The van der Waals surface area contributed by atoms with Crippen molar-refractivity contribution in [2.24, 2.45) is 5.73 Å². The molecule has 2 nitrogen and oxygen atoms in total. The molecule has 1 aromatic carbocycles. The molecule has 0 amide bonds. The Morgan fingerprint density at radius 3 is 2.80 bits per heavy atom. The molecule has 1 heterocycles. The molecule has 1 aromatic heterocycles. The van der Waals surface area contributed by atoms with Crippen molar-refractivity contribution >= 4 is 10.9 Å². The Bertz CT molecular complexity index is 475. The van der Waals surface area contributed by atoms with Crippen LogP contribution in [0.25, 0.3) is 10.9 Å². The predicted molar refractivity (Wildman–Crippen MR) is 63.8 cm³/mol. The van der Waals surface area contributed by atoms with Crippen molar-refractivity contribution in [1.29, 1.82) is 0 Å². The highest BCUT2D eigenvalue weighted by Gasteiger charge is 2.18. The molecule has 0 aliphatic heterocycles. The fraction of sp³-hybridized carbons (Fsp3) is 0.308. The zero-order valence-corrected chi connectivity index (χ0v) is 9.20. The van der Waals surface area contributed by atoms with Crippen molar-refractivity contribution in [1.82, 2.24) is 4.98 Å². The van der Waals surface area contributed by atoms with E-state index in [-0.39, 0.29) is 5.41 Å². The number of aromatic nitrogens is 1. The van der Waals surface area contributed by atoms with Crippen LogP contribution in [0, 0.1) is 0 Å². The summed E-state index contributed by atoms with van der Waals surface area (Å²) in [6.07, 6.45) is 1.82. The van der Waals surface area contributed by atoms with Gasteiger partial charge in [0.1, 0.15) is 0 Å². The molecule has 0 saturated carbocycles. The average Bonchev–Trinajstić information content (AvgIpc) is 2.28. The zero-order chi connectivity index (χ0) is 10.9. The third-order valence-corrected chi connectivity index (χ3v) is 2.90. The first kappa shape index (κ1) is 10.1. The van der Waals surface area contributed by atoms with Gasteiger partial charge < -0.3 is 5.73 Å². The standard InChI is InChI=1S/C13H16N2/c1-13(2,9-14)11-6-5-10-4-3-7-15-12(10)8-11/h3-8H,9,14H2,1-2H3. The van der Waals surface area contributed by atoms with Crippen LogP contribution >= 0.6 is 0 Å². The number of rotatable bonds is 2. The third kappa shape index (κ3) is 1.85. The van der Waals surface area contributed by atoms with E-state index in [4.69, 9.17) is 5.73 Å². The van der Waals surface area contributed by atoms with E-state index in [0.29, 0.717) is 6.54 Å². The van der Waals surface area contributed by atoms with Crippen molar-refractivity contribution in [3.05, 3.63) is 42.1 Å². The lowest BCUT2D eigenvalue weighted by atomic mass is 9.84. The summed E-state index contributed by atoms with van der Waals surface area (Å²) >= 11 is 0. The monoisotopic (exact) mass is 200 g/mol. The van der Waals surface area contributed by atoms with E-state index in [2.05, 4.69) is 43.1 Å². The van der Waals surface area contributed by atoms with Crippen LogP contribution in [0.15, 0.2) is 36.5 Å². The van der Waals surface area contributed by atoms with E-state index in [1.807, 2.05) is 12.3 Å². The molecule has 0 unspecified atom stereocenters. The number of pyridine rings is 1. The van der Waals surface area contributed by atoms with E-state index in [0.717, 1.165) is 5.52 Å². The first-order valence-electron chi connectivity index (χ1n) is 5.19. The second-order valence-electron chi connectivity index (χ2n) is 4.50. The van der Waals surface area contributed by atoms with Crippen LogP contribution in [0.4, 0.5) is 0 Å². The van der Waals surface area contributed by atoms with E-state index < -0.39 is 0 Å². The van der Waals surface area contributed by atoms with Crippen molar-refractivity contribution in [2.45, 2.75) is 19.3 Å². The Morgan fingerprint density at radius 2 is 2.07 bits per heavy atom. The van der Waals surface area contributed by atoms with Gasteiger partial charge in [0, 0.05) is 23.5 Å². The van der Waals surface area contributed by atoms with Crippen LogP contribution in [0.2, 0.25) is 0 Å². The van der Waals surface area contributed by atoms with Gasteiger partial charge in [-0.3, -0.25) is 4.98 Å². The summed E-state index contributed by atoms with van der Waals surface area (Å²) in [5.41, 5.74) is 8.07. The van der Waals surface area contributed by atoms with Crippen LogP contribution in [0.5, 0.6) is 0 Å². The largest absolute Gasteiger partial charge is 0.330 e. The van der Waals surface area contributed by atoms with Gasteiger partial charge in [-0.2, -0.15) is 0 Å². The highest BCUT2D eigenvalue weighted by Crippen LogP contribution is 2.24. The molecule has 78 valence electrons. The summed E-state index contributed by atoms with van der Waals surface area (Å²) in [6, 6.07) is 10.4. The van der Waals surface area contributed by atoms with Crippen molar-refractivity contribution < 1.29 is 0 Å². The maximum Gasteiger partial charge on any atom is 0.0704 e. The average molecular weight is 200 g/mol. The normalized spacial score (nSPS) is 11.9. The third-order valence-electron chi connectivity index (χ3n) is 2.90. The summed E-state index contributed by atoms with van der Waals surface area (Å²) in [5, 5.41) is 1.18. The lowest BCUT2D eigenvalue weighted by Crippen LogP contribution is -2.27. The minimum absolute atomic E-state index is 0.0196. The fourth-order valence-electron chi connectivity index (χ4n) is 1.61. The van der Waals surface area contributed by atoms with E-state index in [1.54, 1.807) is 0 Å². The molecule has 2 heteroatoms. The van der Waals surface area contributed by atoms with Gasteiger partial charge in [0.15, 0.2) is 0 Å². The van der Waals surface area contributed by atoms with Gasteiger partial charge in [0.25, 0.3) is 0 Å². The van der Waals surface area contributed by atoms with Gasteiger partial charge in [0.2, 0.25) is 0 Å². The van der Waals surface area contributed by atoms with Crippen molar-refractivity contribution in [2.75, 3.05) is 6.54 Å². The first-order valence-corrected chi connectivity index (χ1v) is 5.19. The van der Waals surface area contributed by atoms with Gasteiger partial charge >= 0.3 is 0 Å². The highest BCUT2D eigenvalue weighted by molar-refractivity contribution is 5.79. The minimum Gasteiger partial charge on any atom is -0.330 e. The van der Waals surface area contributed by atoms with Gasteiger partial charge in [-0.25, -0.2) is 0 Å². The van der Waals surface area contributed by atoms with Crippen LogP contribution in [0.1, 0.15) is 19.4 Å². The molecule has 0 aliphatic rings. The predicted octanol–water partition coefficient (Wildman–Crippen LogP) is 2.47. The molecule has 2 aromatic rings.